The first-order chi connectivity index (χ1) is 8.43. The SMILES string of the molecule is C#CCC#CCC#CCONC1=CNC=NC1. The van der Waals surface area contributed by atoms with E-state index in [9.17, 15) is 0 Å². The zero-order valence-electron chi connectivity index (χ0n) is 9.42. The van der Waals surface area contributed by atoms with Crippen molar-refractivity contribution in [1.82, 2.24) is 10.8 Å². The summed E-state index contributed by atoms with van der Waals surface area (Å²) in [5, 5.41) is 2.85. The van der Waals surface area contributed by atoms with Gasteiger partial charge >= 0.3 is 0 Å². The van der Waals surface area contributed by atoms with Crippen LogP contribution < -0.4 is 10.8 Å². The molecule has 0 unspecified atom stereocenters. The molecule has 1 aliphatic rings. The van der Waals surface area contributed by atoms with Gasteiger partial charge in [0.15, 0.2) is 0 Å². The molecule has 0 bridgehead atoms. The van der Waals surface area contributed by atoms with Gasteiger partial charge in [-0.25, -0.2) is 0 Å². The summed E-state index contributed by atoms with van der Waals surface area (Å²) in [5.41, 5.74) is 3.62. The fraction of sp³-hybridized carbons (Fsp3) is 0.308. The Bertz CT molecular complexity index is 449. The molecule has 1 heterocycles. The van der Waals surface area contributed by atoms with Gasteiger partial charge in [0.1, 0.15) is 6.61 Å². The summed E-state index contributed by atoms with van der Waals surface area (Å²) in [6.07, 6.45) is 9.44. The molecule has 2 N–H and O–H groups in total. The van der Waals surface area contributed by atoms with Crippen molar-refractivity contribution in [2.75, 3.05) is 13.2 Å². The normalized spacial score (nSPS) is 11.8. The molecule has 0 aromatic rings. The molecule has 4 heteroatoms. The van der Waals surface area contributed by atoms with Crippen LogP contribution in [0.25, 0.3) is 0 Å². The van der Waals surface area contributed by atoms with E-state index in [4.69, 9.17) is 11.3 Å². The lowest BCUT2D eigenvalue weighted by atomic mass is 10.4. The van der Waals surface area contributed by atoms with Crippen LogP contribution in [0.15, 0.2) is 16.9 Å². The first-order valence-corrected chi connectivity index (χ1v) is 5.09. The van der Waals surface area contributed by atoms with Crippen molar-refractivity contribution in [3.05, 3.63) is 11.9 Å². The molecule has 0 aromatic heterocycles. The van der Waals surface area contributed by atoms with Gasteiger partial charge in [-0.1, -0.05) is 29.6 Å². The monoisotopic (exact) mass is 227 g/mol. The van der Waals surface area contributed by atoms with Crippen LogP contribution in [0.2, 0.25) is 0 Å². The molecule has 0 spiro atoms. The lowest BCUT2D eigenvalue weighted by Gasteiger charge is -2.09. The molecule has 1 aliphatic heterocycles. The van der Waals surface area contributed by atoms with Crippen molar-refractivity contribution >= 4 is 6.34 Å². The molecule has 0 saturated carbocycles. The van der Waals surface area contributed by atoms with Gasteiger partial charge in [-0.2, -0.15) is 0 Å². The fourth-order valence-electron chi connectivity index (χ4n) is 0.941. The smallest absolute Gasteiger partial charge is 0.135 e. The maximum Gasteiger partial charge on any atom is 0.135 e. The molecule has 0 radical (unpaired) electrons. The van der Waals surface area contributed by atoms with E-state index in [1.165, 1.54) is 0 Å². The van der Waals surface area contributed by atoms with Crippen molar-refractivity contribution in [2.24, 2.45) is 4.99 Å². The summed E-state index contributed by atoms with van der Waals surface area (Å²) in [6.45, 7) is 0.885. The number of hydrogen-bond acceptors (Lipinski definition) is 4. The third-order valence-electron chi connectivity index (χ3n) is 1.65. The maximum absolute atomic E-state index is 5.11. The molecular formula is C13H13N3O. The van der Waals surface area contributed by atoms with Gasteiger partial charge in [0.05, 0.1) is 31.4 Å². The number of terminal acetylenes is 1. The van der Waals surface area contributed by atoms with Gasteiger partial charge in [0.2, 0.25) is 0 Å². The summed E-state index contributed by atoms with van der Waals surface area (Å²) >= 11 is 0. The maximum atomic E-state index is 5.11. The van der Waals surface area contributed by atoms with Gasteiger partial charge in [-0.05, 0) is 0 Å². The average Bonchev–Trinajstić information content (AvgIpc) is 2.38. The minimum absolute atomic E-state index is 0.303. The van der Waals surface area contributed by atoms with Gasteiger partial charge in [0, 0.05) is 6.20 Å². The Morgan fingerprint density at radius 3 is 2.94 bits per heavy atom. The zero-order valence-corrected chi connectivity index (χ0v) is 9.42. The highest BCUT2D eigenvalue weighted by Crippen LogP contribution is 1.91. The second-order valence-electron chi connectivity index (χ2n) is 2.96. The van der Waals surface area contributed by atoms with Crippen LogP contribution in [-0.2, 0) is 4.84 Å². The van der Waals surface area contributed by atoms with Crippen LogP contribution in [0.5, 0.6) is 0 Å². The minimum Gasteiger partial charge on any atom is -0.351 e. The lowest BCUT2D eigenvalue weighted by molar-refractivity contribution is 0.0888. The number of aliphatic imine (C=N–C) groups is 1. The second-order valence-corrected chi connectivity index (χ2v) is 2.96. The van der Waals surface area contributed by atoms with Crippen LogP contribution in [0.1, 0.15) is 12.8 Å². The number of nitrogens with zero attached hydrogens (tertiary/aromatic N) is 1. The van der Waals surface area contributed by atoms with E-state index in [1.807, 2.05) is 0 Å². The Morgan fingerprint density at radius 2 is 2.18 bits per heavy atom. The topological polar surface area (TPSA) is 45.6 Å². The highest BCUT2D eigenvalue weighted by atomic mass is 16.6. The first-order valence-electron chi connectivity index (χ1n) is 5.09. The van der Waals surface area contributed by atoms with E-state index < -0.39 is 0 Å². The summed E-state index contributed by atoms with van der Waals surface area (Å²) in [4.78, 5) is 9.11. The Morgan fingerprint density at radius 1 is 1.35 bits per heavy atom. The molecule has 0 fully saturated rings. The zero-order chi connectivity index (χ0) is 12.2. The van der Waals surface area contributed by atoms with Gasteiger partial charge in [-0.3, -0.25) is 15.3 Å². The number of rotatable bonds is 3. The van der Waals surface area contributed by atoms with Crippen LogP contribution in [0.3, 0.4) is 0 Å². The number of hydrogen-bond donors (Lipinski definition) is 2. The molecule has 4 nitrogen and oxygen atoms in total. The molecule has 0 atom stereocenters. The molecule has 0 aromatic carbocycles. The van der Waals surface area contributed by atoms with Gasteiger partial charge < -0.3 is 5.32 Å². The average molecular weight is 227 g/mol. The van der Waals surface area contributed by atoms with E-state index in [1.54, 1.807) is 12.5 Å². The number of hydroxylamine groups is 1. The summed E-state index contributed by atoms with van der Waals surface area (Å²) < 4.78 is 0. The van der Waals surface area contributed by atoms with E-state index in [2.05, 4.69) is 45.4 Å². The van der Waals surface area contributed by atoms with Crippen LogP contribution in [0.4, 0.5) is 0 Å². The highest BCUT2D eigenvalue weighted by Gasteiger charge is 1.96. The third-order valence-corrected chi connectivity index (χ3v) is 1.65. The van der Waals surface area contributed by atoms with Crippen molar-refractivity contribution in [1.29, 1.82) is 0 Å². The van der Waals surface area contributed by atoms with E-state index in [0.29, 0.717) is 26.0 Å². The quantitative estimate of drug-likeness (QED) is 0.417. The highest BCUT2D eigenvalue weighted by molar-refractivity contribution is 5.57. The second kappa shape index (κ2) is 8.92. The lowest BCUT2D eigenvalue weighted by Crippen LogP contribution is -2.22. The van der Waals surface area contributed by atoms with Crippen molar-refractivity contribution in [3.8, 4) is 36.0 Å². The van der Waals surface area contributed by atoms with Gasteiger partial charge in [0.25, 0.3) is 0 Å². The molecule has 17 heavy (non-hydrogen) atoms. The number of nitrogens with one attached hydrogen (secondary N) is 2. The van der Waals surface area contributed by atoms with Crippen LogP contribution >= 0.6 is 0 Å². The van der Waals surface area contributed by atoms with Gasteiger partial charge in [-0.15, -0.1) is 6.42 Å². The van der Waals surface area contributed by atoms with E-state index >= 15 is 0 Å². The molecule has 86 valence electrons. The summed E-state index contributed by atoms with van der Waals surface area (Å²) in [6, 6.07) is 0. The van der Waals surface area contributed by atoms with Crippen molar-refractivity contribution in [3.63, 3.8) is 0 Å². The van der Waals surface area contributed by atoms with E-state index in [-0.39, 0.29) is 0 Å². The largest absolute Gasteiger partial charge is 0.351 e. The predicted octanol–water partition coefficient (Wildman–Crippen LogP) is 0.401. The third kappa shape index (κ3) is 6.68. The fourth-order valence-corrected chi connectivity index (χ4v) is 0.941. The Balaban J connectivity index is 2.05. The Kier molecular flexibility index (Phi) is 6.67. The molecule has 0 aliphatic carbocycles. The summed E-state index contributed by atoms with van der Waals surface area (Å²) in [5.74, 6) is 13.8. The minimum atomic E-state index is 0.303. The molecule has 0 saturated heterocycles. The first kappa shape index (κ1) is 12.7. The predicted molar refractivity (Wildman–Crippen MR) is 67.3 cm³/mol. The van der Waals surface area contributed by atoms with Crippen molar-refractivity contribution in [2.45, 2.75) is 12.8 Å². The standard InChI is InChI=1S/C13H13N3O/c1-2-3-4-5-6-7-8-9-17-16-13-10-14-12-15-11-13/h1,10,12,16H,3,6,9,11H2,(H,14,15). The molecule has 1 rings (SSSR count). The van der Waals surface area contributed by atoms with Crippen LogP contribution in [0, 0.1) is 36.0 Å². The van der Waals surface area contributed by atoms with Crippen LogP contribution in [-0.4, -0.2) is 19.5 Å². The Labute approximate surface area is 101 Å². The Hall–Kier alpha value is -2.35. The van der Waals surface area contributed by atoms with E-state index in [0.717, 1.165) is 5.70 Å². The molecular weight excluding hydrogens is 214 g/mol. The molecule has 0 amide bonds. The van der Waals surface area contributed by atoms with Crippen molar-refractivity contribution < 1.29 is 4.84 Å². The summed E-state index contributed by atoms with van der Waals surface area (Å²) in [7, 11) is 0.